The third-order valence-electron chi connectivity index (χ3n) is 5.97. The van der Waals surface area contributed by atoms with Crippen LogP contribution in [0.2, 0.25) is 0 Å². The van der Waals surface area contributed by atoms with Gasteiger partial charge in [-0.1, -0.05) is 31.2 Å². The summed E-state index contributed by atoms with van der Waals surface area (Å²) in [6, 6.07) is 7.97. The highest BCUT2D eigenvalue weighted by Crippen LogP contribution is 2.21. The molecule has 0 radical (unpaired) electrons. The number of piperazine rings is 1. The van der Waals surface area contributed by atoms with Crippen molar-refractivity contribution < 1.29 is 14.4 Å². The van der Waals surface area contributed by atoms with Crippen LogP contribution in [0.5, 0.6) is 0 Å². The van der Waals surface area contributed by atoms with Gasteiger partial charge in [-0.25, -0.2) is 0 Å². The molecule has 0 atom stereocenters. The topological polar surface area (TPSA) is 73.5 Å². The van der Waals surface area contributed by atoms with Crippen LogP contribution in [0.4, 0.5) is 0 Å². The number of aromatic nitrogens is 1. The first kappa shape index (κ1) is 22.0. The second-order valence-electron chi connectivity index (χ2n) is 8.07. The van der Waals surface area contributed by atoms with Crippen LogP contribution in [0.3, 0.4) is 0 Å². The fourth-order valence-electron chi connectivity index (χ4n) is 4.27. The van der Waals surface area contributed by atoms with Gasteiger partial charge < -0.3 is 9.88 Å². The Hall–Kier alpha value is -2.73. The van der Waals surface area contributed by atoms with E-state index in [0.717, 1.165) is 22.4 Å². The lowest BCUT2D eigenvalue weighted by molar-refractivity contribution is -0.132. The molecule has 1 N–H and O–H groups in total. The van der Waals surface area contributed by atoms with Crippen LogP contribution < -0.4 is 0 Å². The number of aromatic amines is 1. The Balaban J connectivity index is 1.58. The van der Waals surface area contributed by atoms with Crippen molar-refractivity contribution in [2.75, 3.05) is 32.7 Å². The molecule has 3 rings (SSSR count). The van der Waals surface area contributed by atoms with Gasteiger partial charge in [0.25, 0.3) is 0 Å². The molecule has 1 aliphatic rings. The number of Topliss-reactive ketones (excluding diaryl/α,β-unsaturated/α-hetero) is 2. The summed E-state index contributed by atoms with van der Waals surface area (Å²) in [5, 5.41) is 0. The number of hydrogen-bond donors (Lipinski definition) is 1. The number of ketones is 2. The molecule has 0 spiro atoms. The van der Waals surface area contributed by atoms with Crippen molar-refractivity contribution in [2.45, 2.75) is 40.5 Å². The van der Waals surface area contributed by atoms with E-state index in [1.807, 2.05) is 49.9 Å². The van der Waals surface area contributed by atoms with Crippen molar-refractivity contribution >= 4 is 17.5 Å². The first-order valence-electron chi connectivity index (χ1n) is 10.6. The van der Waals surface area contributed by atoms with Gasteiger partial charge in [-0.2, -0.15) is 0 Å². The Morgan fingerprint density at radius 2 is 1.70 bits per heavy atom. The van der Waals surface area contributed by atoms with Crippen molar-refractivity contribution in [3.63, 3.8) is 0 Å². The third-order valence-corrected chi connectivity index (χ3v) is 5.97. The lowest BCUT2D eigenvalue weighted by Gasteiger charge is -2.34. The van der Waals surface area contributed by atoms with Crippen molar-refractivity contribution in [2.24, 2.45) is 0 Å². The number of amides is 1. The molecule has 1 aliphatic heterocycles. The maximum atomic E-state index is 12.9. The van der Waals surface area contributed by atoms with E-state index < -0.39 is 0 Å². The van der Waals surface area contributed by atoms with E-state index in [2.05, 4.69) is 9.88 Å². The largest absolute Gasteiger partial charge is 0.355 e. The van der Waals surface area contributed by atoms with Crippen LogP contribution in [0.1, 0.15) is 57.1 Å². The fourth-order valence-corrected chi connectivity index (χ4v) is 4.27. The Morgan fingerprint density at radius 3 is 2.30 bits per heavy atom. The van der Waals surface area contributed by atoms with E-state index >= 15 is 0 Å². The van der Waals surface area contributed by atoms with E-state index in [0.29, 0.717) is 56.8 Å². The molecular weight excluding hydrogens is 378 g/mol. The van der Waals surface area contributed by atoms with Gasteiger partial charge in [0.15, 0.2) is 11.6 Å². The van der Waals surface area contributed by atoms with E-state index in [1.165, 1.54) is 6.92 Å². The van der Waals surface area contributed by atoms with Crippen LogP contribution in [0, 0.1) is 13.8 Å². The molecule has 1 aromatic heterocycles. The molecule has 30 heavy (non-hydrogen) atoms. The SMILES string of the molecule is CCc1c(C(=O)CN2CCN(C(=O)Cc3ccccc3C)CC2)[nH]c(C)c1C(C)=O. The number of rotatable bonds is 7. The molecule has 1 fully saturated rings. The minimum Gasteiger partial charge on any atom is -0.355 e. The molecular formula is C24H31N3O3. The fraction of sp³-hybridized carbons (Fsp3) is 0.458. The monoisotopic (exact) mass is 409 g/mol. The summed E-state index contributed by atoms with van der Waals surface area (Å²) >= 11 is 0. The van der Waals surface area contributed by atoms with Crippen LogP contribution >= 0.6 is 0 Å². The molecule has 6 heteroatoms. The van der Waals surface area contributed by atoms with Crippen molar-refractivity contribution in [3.05, 3.63) is 57.9 Å². The Kier molecular flexibility index (Phi) is 6.87. The second kappa shape index (κ2) is 9.39. The average Bonchev–Trinajstić information content (AvgIpc) is 3.07. The van der Waals surface area contributed by atoms with Gasteiger partial charge in [0, 0.05) is 37.4 Å². The lowest BCUT2D eigenvalue weighted by Crippen LogP contribution is -2.50. The molecule has 0 unspecified atom stereocenters. The van der Waals surface area contributed by atoms with Gasteiger partial charge >= 0.3 is 0 Å². The molecule has 0 aliphatic carbocycles. The minimum atomic E-state index is -0.0135. The first-order chi connectivity index (χ1) is 14.3. The van der Waals surface area contributed by atoms with Crippen LogP contribution in [0.15, 0.2) is 24.3 Å². The molecule has 1 amide bonds. The Labute approximate surface area is 178 Å². The van der Waals surface area contributed by atoms with Gasteiger partial charge in [0.1, 0.15) is 0 Å². The minimum absolute atomic E-state index is 0.00198. The van der Waals surface area contributed by atoms with Gasteiger partial charge in [-0.15, -0.1) is 0 Å². The third kappa shape index (κ3) is 4.70. The van der Waals surface area contributed by atoms with Gasteiger partial charge in [0.2, 0.25) is 5.91 Å². The molecule has 1 saturated heterocycles. The quantitative estimate of drug-likeness (QED) is 0.714. The highest BCUT2D eigenvalue weighted by Gasteiger charge is 2.26. The number of hydrogen-bond acceptors (Lipinski definition) is 4. The summed E-state index contributed by atoms with van der Waals surface area (Å²) in [4.78, 5) is 44.6. The molecule has 160 valence electrons. The highest BCUT2D eigenvalue weighted by atomic mass is 16.2. The zero-order valence-corrected chi connectivity index (χ0v) is 18.4. The maximum Gasteiger partial charge on any atom is 0.227 e. The summed E-state index contributed by atoms with van der Waals surface area (Å²) < 4.78 is 0. The average molecular weight is 410 g/mol. The maximum absolute atomic E-state index is 12.9. The predicted octanol–water partition coefficient (Wildman–Crippen LogP) is 2.97. The summed E-state index contributed by atoms with van der Waals surface area (Å²) in [7, 11) is 0. The summed E-state index contributed by atoms with van der Waals surface area (Å²) in [6.45, 7) is 10.3. The van der Waals surface area contributed by atoms with E-state index in [1.54, 1.807) is 0 Å². The summed E-state index contributed by atoms with van der Waals surface area (Å²) in [5.41, 5.74) is 4.97. The Bertz CT molecular complexity index is 953. The molecule has 0 bridgehead atoms. The van der Waals surface area contributed by atoms with Crippen LogP contribution in [-0.2, 0) is 17.6 Å². The first-order valence-corrected chi connectivity index (χ1v) is 10.6. The number of carbonyl (C=O) groups excluding carboxylic acids is 3. The molecule has 2 aromatic rings. The molecule has 6 nitrogen and oxygen atoms in total. The summed E-state index contributed by atoms with van der Waals surface area (Å²) in [5.74, 6) is 0.122. The van der Waals surface area contributed by atoms with Gasteiger partial charge in [-0.05, 0) is 43.9 Å². The van der Waals surface area contributed by atoms with Crippen molar-refractivity contribution in [3.8, 4) is 0 Å². The standard InChI is InChI=1S/C24H31N3O3/c1-5-20-23(18(4)28)17(3)25-24(20)21(29)15-26-10-12-27(13-11-26)22(30)14-19-9-7-6-8-16(19)2/h6-9,25H,5,10-15H2,1-4H3. The lowest BCUT2D eigenvalue weighted by atomic mass is 10.0. The number of benzene rings is 1. The zero-order chi connectivity index (χ0) is 21.8. The number of nitrogens with zero attached hydrogens (tertiary/aromatic N) is 2. The molecule has 2 heterocycles. The molecule has 0 saturated carbocycles. The Morgan fingerprint density at radius 1 is 1.03 bits per heavy atom. The number of H-pyrrole nitrogens is 1. The van der Waals surface area contributed by atoms with Crippen LogP contribution in [0.25, 0.3) is 0 Å². The van der Waals surface area contributed by atoms with E-state index in [-0.39, 0.29) is 17.5 Å². The number of aryl methyl sites for hydroxylation is 2. The highest BCUT2D eigenvalue weighted by molar-refractivity contribution is 6.04. The summed E-state index contributed by atoms with van der Waals surface area (Å²) in [6.07, 6.45) is 1.06. The van der Waals surface area contributed by atoms with Gasteiger partial charge in [0.05, 0.1) is 18.7 Å². The normalized spacial score (nSPS) is 14.7. The predicted molar refractivity (Wildman–Crippen MR) is 117 cm³/mol. The number of carbonyl (C=O) groups is 3. The van der Waals surface area contributed by atoms with Crippen molar-refractivity contribution in [1.82, 2.24) is 14.8 Å². The van der Waals surface area contributed by atoms with E-state index in [4.69, 9.17) is 0 Å². The van der Waals surface area contributed by atoms with E-state index in [9.17, 15) is 14.4 Å². The van der Waals surface area contributed by atoms with Crippen LogP contribution in [-0.4, -0.2) is 65.0 Å². The second-order valence-corrected chi connectivity index (χ2v) is 8.07. The molecule has 1 aromatic carbocycles. The van der Waals surface area contributed by atoms with Crippen molar-refractivity contribution in [1.29, 1.82) is 0 Å². The zero-order valence-electron chi connectivity index (χ0n) is 18.4. The number of nitrogens with one attached hydrogen (secondary N) is 1. The smallest absolute Gasteiger partial charge is 0.227 e. The van der Waals surface area contributed by atoms with Gasteiger partial charge in [-0.3, -0.25) is 19.3 Å².